The lowest BCUT2D eigenvalue weighted by Crippen LogP contribution is -1.77. The highest BCUT2D eigenvalue weighted by molar-refractivity contribution is 5.49. The smallest absolute Gasteiger partial charge is 0.130 e. The van der Waals surface area contributed by atoms with Gasteiger partial charge in [0.15, 0.2) is 0 Å². The Labute approximate surface area is 177 Å². The number of allylic oxidation sites excluding steroid dienone is 3. The van der Waals surface area contributed by atoms with Crippen LogP contribution in [0.15, 0.2) is 91.0 Å². The van der Waals surface area contributed by atoms with Gasteiger partial charge in [-0.3, -0.25) is 0 Å². The van der Waals surface area contributed by atoms with E-state index >= 15 is 0 Å². The SMILES string of the molecule is C/C=C/c1ccc(F)cc1.C/C=C/c1cccc(F)c1.C/C=C/c1ccccc1F. The van der Waals surface area contributed by atoms with Crippen LogP contribution in [0.2, 0.25) is 0 Å². The molecule has 0 aliphatic rings. The maximum atomic E-state index is 12.7. The highest BCUT2D eigenvalue weighted by Gasteiger charge is 1.92. The molecule has 3 heteroatoms. The third kappa shape index (κ3) is 10.3. The Kier molecular flexibility index (Phi) is 12.1. The highest BCUT2D eigenvalue weighted by atomic mass is 19.1. The Balaban J connectivity index is 0.000000225. The summed E-state index contributed by atoms with van der Waals surface area (Å²) in [7, 11) is 0. The molecule has 0 nitrogen and oxygen atoms in total. The monoisotopic (exact) mass is 408 g/mol. The van der Waals surface area contributed by atoms with Crippen molar-refractivity contribution < 1.29 is 13.2 Å². The second-order valence-electron chi connectivity index (χ2n) is 6.13. The molecule has 0 spiro atoms. The van der Waals surface area contributed by atoms with Crippen LogP contribution < -0.4 is 0 Å². The first-order chi connectivity index (χ1) is 14.5. The van der Waals surface area contributed by atoms with Crippen LogP contribution in [0.3, 0.4) is 0 Å². The van der Waals surface area contributed by atoms with Crippen LogP contribution in [0.1, 0.15) is 37.5 Å². The summed E-state index contributed by atoms with van der Waals surface area (Å²) in [6, 6.07) is 19.6. The van der Waals surface area contributed by atoms with Crippen molar-refractivity contribution >= 4 is 18.2 Å². The van der Waals surface area contributed by atoms with E-state index in [1.54, 1.807) is 36.4 Å². The molecule has 0 heterocycles. The number of halogens is 3. The van der Waals surface area contributed by atoms with E-state index < -0.39 is 0 Å². The van der Waals surface area contributed by atoms with Gasteiger partial charge in [-0.15, -0.1) is 0 Å². The fraction of sp³-hybridized carbons (Fsp3) is 0.111. The van der Waals surface area contributed by atoms with Gasteiger partial charge in [0, 0.05) is 5.56 Å². The molecule has 3 rings (SSSR count). The predicted molar refractivity (Wildman–Crippen MR) is 123 cm³/mol. The van der Waals surface area contributed by atoms with Crippen LogP contribution in [0.5, 0.6) is 0 Å². The third-order valence-corrected chi connectivity index (χ3v) is 3.69. The Morgan fingerprint density at radius 3 is 1.70 bits per heavy atom. The van der Waals surface area contributed by atoms with Crippen molar-refractivity contribution in [3.8, 4) is 0 Å². The molecule has 0 saturated heterocycles. The molecule has 0 radical (unpaired) electrons. The molecular formula is C27H27F3. The predicted octanol–water partition coefficient (Wildman–Crippen LogP) is 8.58. The topological polar surface area (TPSA) is 0 Å². The van der Waals surface area contributed by atoms with Crippen molar-refractivity contribution in [2.24, 2.45) is 0 Å². The van der Waals surface area contributed by atoms with Crippen LogP contribution >= 0.6 is 0 Å². The maximum Gasteiger partial charge on any atom is 0.130 e. The molecule has 0 N–H and O–H groups in total. The van der Waals surface area contributed by atoms with Crippen molar-refractivity contribution in [2.75, 3.05) is 0 Å². The number of hydrogen-bond acceptors (Lipinski definition) is 0. The van der Waals surface area contributed by atoms with Crippen molar-refractivity contribution in [3.05, 3.63) is 125 Å². The summed E-state index contributed by atoms with van der Waals surface area (Å²) in [5, 5.41) is 0. The van der Waals surface area contributed by atoms with Gasteiger partial charge in [0.25, 0.3) is 0 Å². The Morgan fingerprint density at radius 2 is 1.13 bits per heavy atom. The van der Waals surface area contributed by atoms with Gasteiger partial charge in [0.05, 0.1) is 0 Å². The lowest BCUT2D eigenvalue weighted by Gasteiger charge is -1.92. The first-order valence-electron chi connectivity index (χ1n) is 9.64. The van der Waals surface area contributed by atoms with Crippen molar-refractivity contribution in [2.45, 2.75) is 20.8 Å². The van der Waals surface area contributed by atoms with E-state index in [2.05, 4.69) is 0 Å². The van der Waals surface area contributed by atoms with Gasteiger partial charge in [-0.25, -0.2) is 13.2 Å². The second kappa shape index (κ2) is 14.6. The van der Waals surface area contributed by atoms with Crippen LogP contribution in [-0.2, 0) is 0 Å². The molecule has 0 atom stereocenters. The number of rotatable bonds is 3. The summed E-state index contributed by atoms with van der Waals surface area (Å²) < 4.78 is 37.5. The molecule has 0 saturated carbocycles. The van der Waals surface area contributed by atoms with Gasteiger partial charge >= 0.3 is 0 Å². The van der Waals surface area contributed by atoms with Gasteiger partial charge in [-0.2, -0.15) is 0 Å². The molecule has 3 aromatic carbocycles. The zero-order chi connectivity index (χ0) is 22.2. The second-order valence-corrected chi connectivity index (χ2v) is 6.13. The Bertz CT molecular complexity index is 952. The van der Waals surface area contributed by atoms with E-state index in [0.29, 0.717) is 5.56 Å². The molecule has 0 aliphatic carbocycles. The standard InChI is InChI=1S/3C9H9F/c1-2-5-8-6-3-4-7-9(8)10;1-2-4-8-5-3-6-9(10)7-8;1-2-3-8-4-6-9(10)7-5-8/h3*2-7H,1H3/b5-2+;4-2+;3-2+. The van der Waals surface area contributed by atoms with Crippen molar-refractivity contribution in [1.82, 2.24) is 0 Å². The molecule has 3 aromatic rings. The molecule has 0 aromatic heterocycles. The molecule has 156 valence electrons. The molecular weight excluding hydrogens is 381 g/mol. The first kappa shape index (κ1) is 24.7. The Hall–Kier alpha value is -3.33. The van der Waals surface area contributed by atoms with Gasteiger partial charge in [0.2, 0.25) is 0 Å². The highest BCUT2D eigenvalue weighted by Crippen LogP contribution is 2.07. The van der Waals surface area contributed by atoms with Gasteiger partial charge in [-0.1, -0.05) is 78.9 Å². The van der Waals surface area contributed by atoms with E-state index in [4.69, 9.17) is 0 Å². The molecule has 0 fully saturated rings. The maximum absolute atomic E-state index is 12.7. The van der Waals surface area contributed by atoms with E-state index in [1.165, 1.54) is 30.3 Å². The summed E-state index contributed by atoms with van der Waals surface area (Å²) in [5.41, 5.74) is 2.58. The van der Waals surface area contributed by atoms with Crippen molar-refractivity contribution in [3.63, 3.8) is 0 Å². The average molecular weight is 409 g/mol. The van der Waals surface area contributed by atoms with Crippen LogP contribution in [0.4, 0.5) is 13.2 Å². The van der Waals surface area contributed by atoms with Gasteiger partial charge in [0.1, 0.15) is 17.5 Å². The normalized spacial score (nSPS) is 10.6. The van der Waals surface area contributed by atoms with E-state index in [-0.39, 0.29) is 17.5 Å². The molecule has 0 unspecified atom stereocenters. The first-order valence-corrected chi connectivity index (χ1v) is 9.64. The zero-order valence-electron chi connectivity index (χ0n) is 17.5. The Morgan fingerprint density at radius 1 is 0.533 bits per heavy atom. The average Bonchev–Trinajstić information content (AvgIpc) is 2.73. The fourth-order valence-electron chi connectivity index (χ4n) is 2.36. The van der Waals surface area contributed by atoms with Crippen molar-refractivity contribution in [1.29, 1.82) is 0 Å². The summed E-state index contributed by atoms with van der Waals surface area (Å²) >= 11 is 0. The van der Waals surface area contributed by atoms with Gasteiger partial charge < -0.3 is 0 Å². The minimum Gasteiger partial charge on any atom is -0.207 e. The molecule has 0 amide bonds. The largest absolute Gasteiger partial charge is 0.207 e. The molecule has 0 aliphatic heterocycles. The lowest BCUT2D eigenvalue weighted by atomic mass is 10.2. The third-order valence-electron chi connectivity index (χ3n) is 3.69. The van der Waals surface area contributed by atoms with Crippen LogP contribution in [0.25, 0.3) is 18.2 Å². The van der Waals surface area contributed by atoms with E-state index in [1.807, 2.05) is 63.3 Å². The summed E-state index contributed by atoms with van der Waals surface area (Å²) in [4.78, 5) is 0. The quantitative estimate of drug-likeness (QED) is 0.407. The lowest BCUT2D eigenvalue weighted by molar-refractivity contribution is 0.625. The molecule has 0 bridgehead atoms. The van der Waals surface area contributed by atoms with E-state index in [9.17, 15) is 13.2 Å². The van der Waals surface area contributed by atoms with Crippen LogP contribution in [-0.4, -0.2) is 0 Å². The minimum absolute atomic E-state index is 0.166. The fourth-order valence-corrected chi connectivity index (χ4v) is 2.36. The summed E-state index contributed by atoms with van der Waals surface area (Å²) in [6.45, 7) is 5.71. The zero-order valence-corrected chi connectivity index (χ0v) is 17.5. The molecule has 30 heavy (non-hydrogen) atoms. The summed E-state index contributed by atoms with van der Waals surface area (Å²) in [6.07, 6.45) is 11.2. The number of benzene rings is 3. The van der Waals surface area contributed by atoms with Gasteiger partial charge in [-0.05, 0) is 62.2 Å². The number of hydrogen-bond donors (Lipinski definition) is 0. The van der Waals surface area contributed by atoms with E-state index in [0.717, 1.165) is 11.1 Å². The minimum atomic E-state index is -0.187. The summed E-state index contributed by atoms with van der Waals surface area (Å²) in [5.74, 6) is -0.538. The van der Waals surface area contributed by atoms with Crippen LogP contribution in [0, 0.1) is 17.5 Å².